The number of hydrogen-bond acceptors (Lipinski definition) is 5. The third-order valence-corrected chi connectivity index (χ3v) is 3.74. The number of hydrogen-bond donors (Lipinski definition) is 1. The summed E-state index contributed by atoms with van der Waals surface area (Å²) >= 11 is 5.81. The van der Waals surface area contributed by atoms with Gasteiger partial charge < -0.3 is 5.32 Å². The number of nitrogens with zero attached hydrogens (tertiary/aromatic N) is 5. The van der Waals surface area contributed by atoms with Crippen molar-refractivity contribution in [3.8, 4) is 0 Å². The molecule has 0 aliphatic heterocycles. The van der Waals surface area contributed by atoms with E-state index < -0.39 is 5.82 Å². The van der Waals surface area contributed by atoms with Crippen LogP contribution in [-0.2, 0) is 0 Å². The first-order valence-electron chi connectivity index (χ1n) is 6.82. The third-order valence-electron chi connectivity index (χ3n) is 3.46. The van der Waals surface area contributed by atoms with E-state index in [-0.39, 0.29) is 5.02 Å². The van der Waals surface area contributed by atoms with E-state index in [9.17, 15) is 4.39 Å². The summed E-state index contributed by atoms with van der Waals surface area (Å²) < 4.78 is 14.9. The van der Waals surface area contributed by atoms with Crippen LogP contribution in [0.3, 0.4) is 0 Å². The lowest BCUT2D eigenvalue weighted by molar-refractivity contribution is 0.628. The molecule has 6 nitrogen and oxygen atoms in total. The molecule has 0 spiro atoms. The fourth-order valence-corrected chi connectivity index (χ4v) is 2.54. The topological polar surface area (TPSA) is 68.0 Å². The lowest BCUT2D eigenvalue weighted by Gasteiger charge is -2.09. The van der Waals surface area contributed by atoms with Crippen molar-refractivity contribution >= 4 is 39.8 Å². The van der Waals surface area contributed by atoms with E-state index in [4.69, 9.17) is 11.6 Å². The lowest BCUT2D eigenvalue weighted by atomic mass is 10.2. The molecule has 0 bridgehead atoms. The summed E-state index contributed by atoms with van der Waals surface area (Å²) in [5.41, 5.74) is 3.71. The number of anilines is 2. The highest BCUT2D eigenvalue weighted by Gasteiger charge is 2.12. The maximum Gasteiger partial charge on any atom is 0.222 e. The van der Waals surface area contributed by atoms with Crippen molar-refractivity contribution in [1.29, 1.82) is 0 Å². The molecule has 0 aliphatic rings. The summed E-state index contributed by atoms with van der Waals surface area (Å²) in [6, 6.07) is 10.2. The standard InChI is InChI=1S/C15H10ClFN6/c1-8-2-5-12-13(6-8)23-15(20-21-22-23)14(19-12)18-9-3-4-11(17)10(16)7-9/h2-7H,1H3,(H,18,19). The molecule has 0 unspecified atom stereocenters. The van der Waals surface area contributed by atoms with Gasteiger partial charge in [-0.25, -0.2) is 9.37 Å². The monoisotopic (exact) mass is 328 g/mol. The molecule has 114 valence electrons. The minimum absolute atomic E-state index is 0.0297. The van der Waals surface area contributed by atoms with Gasteiger partial charge in [-0.1, -0.05) is 17.7 Å². The Morgan fingerprint density at radius 3 is 2.87 bits per heavy atom. The van der Waals surface area contributed by atoms with E-state index in [0.717, 1.165) is 16.6 Å². The van der Waals surface area contributed by atoms with Crippen molar-refractivity contribution in [2.75, 3.05) is 5.32 Å². The van der Waals surface area contributed by atoms with E-state index >= 15 is 0 Å². The lowest BCUT2D eigenvalue weighted by Crippen LogP contribution is -2.01. The molecule has 2 aromatic heterocycles. The highest BCUT2D eigenvalue weighted by Crippen LogP contribution is 2.25. The quantitative estimate of drug-likeness (QED) is 0.610. The zero-order valence-corrected chi connectivity index (χ0v) is 12.7. The fourth-order valence-electron chi connectivity index (χ4n) is 2.36. The summed E-state index contributed by atoms with van der Waals surface area (Å²) in [7, 11) is 0. The number of rotatable bonds is 2. The van der Waals surface area contributed by atoms with Crippen LogP contribution < -0.4 is 5.32 Å². The molecular weight excluding hydrogens is 319 g/mol. The molecule has 0 amide bonds. The highest BCUT2D eigenvalue weighted by molar-refractivity contribution is 6.31. The number of nitrogens with one attached hydrogen (secondary N) is 1. The van der Waals surface area contributed by atoms with E-state index in [1.165, 1.54) is 12.1 Å². The summed E-state index contributed by atoms with van der Waals surface area (Å²) in [4.78, 5) is 4.55. The maximum atomic E-state index is 13.3. The van der Waals surface area contributed by atoms with Gasteiger partial charge in [-0.3, -0.25) is 0 Å². The molecule has 0 fully saturated rings. The van der Waals surface area contributed by atoms with Gasteiger partial charge in [0.1, 0.15) is 5.82 Å². The van der Waals surface area contributed by atoms with Crippen LogP contribution in [0.25, 0.3) is 16.7 Å². The SMILES string of the molecule is Cc1ccc2nc(Nc3ccc(F)c(Cl)c3)c3nnnn3c2c1. The van der Waals surface area contributed by atoms with Crippen LogP contribution in [0.1, 0.15) is 5.56 Å². The maximum absolute atomic E-state index is 13.3. The van der Waals surface area contributed by atoms with Crippen molar-refractivity contribution in [3.63, 3.8) is 0 Å². The van der Waals surface area contributed by atoms with Gasteiger partial charge in [-0.2, -0.15) is 4.52 Å². The van der Waals surface area contributed by atoms with Crippen LogP contribution in [0.15, 0.2) is 36.4 Å². The van der Waals surface area contributed by atoms with Gasteiger partial charge in [0.15, 0.2) is 5.82 Å². The Balaban J connectivity index is 1.89. The molecular formula is C15H10ClFN6. The van der Waals surface area contributed by atoms with E-state index in [1.54, 1.807) is 10.6 Å². The average Bonchev–Trinajstić information content (AvgIpc) is 3.02. The Bertz CT molecular complexity index is 1040. The minimum atomic E-state index is -0.478. The first-order valence-corrected chi connectivity index (χ1v) is 7.20. The van der Waals surface area contributed by atoms with E-state index in [0.29, 0.717) is 17.2 Å². The number of tetrazole rings is 1. The zero-order chi connectivity index (χ0) is 16.0. The molecule has 0 aliphatic carbocycles. The molecule has 0 saturated heterocycles. The number of aryl methyl sites for hydroxylation is 1. The second-order valence-electron chi connectivity index (χ2n) is 5.12. The molecule has 0 radical (unpaired) electrons. The summed E-state index contributed by atoms with van der Waals surface area (Å²) in [5.74, 6) is -0.0116. The largest absolute Gasteiger partial charge is 0.337 e. The number of benzene rings is 2. The van der Waals surface area contributed by atoms with E-state index in [1.807, 2.05) is 25.1 Å². The molecule has 1 N–H and O–H groups in total. The average molecular weight is 329 g/mol. The Morgan fingerprint density at radius 1 is 1.17 bits per heavy atom. The Morgan fingerprint density at radius 2 is 2.04 bits per heavy atom. The molecule has 23 heavy (non-hydrogen) atoms. The number of fused-ring (bicyclic) bond motifs is 3. The fraction of sp³-hybridized carbons (Fsp3) is 0.0667. The van der Waals surface area contributed by atoms with Gasteiger partial charge >= 0.3 is 0 Å². The van der Waals surface area contributed by atoms with Gasteiger partial charge in [0.2, 0.25) is 5.65 Å². The first kappa shape index (κ1) is 13.8. The van der Waals surface area contributed by atoms with Crippen LogP contribution >= 0.6 is 11.6 Å². The number of halogens is 2. The van der Waals surface area contributed by atoms with Gasteiger partial charge in [0.05, 0.1) is 16.1 Å². The molecule has 4 aromatic rings. The predicted octanol–water partition coefficient (Wildman–Crippen LogP) is 3.52. The number of aromatic nitrogens is 5. The summed E-state index contributed by atoms with van der Waals surface area (Å²) in [6.45, 7) is 1.99. The predicted molar refractivity (Wildman–Crippen MR) is 85.5 cm³/mol. The Hall–Kier alpha value is -2.80. The van der Waals surface area contributed by atoms with Gasteiger partial charge in [-0.05, 0) is 53.2 Å². The third kappa shape index (κ3) is 2.35. The van der Waals surface area contributed by atoms with Crippen LogP contribution in [0, 0.1) is 12.7 Å². The first-order chi connectivity index (χ1) is 11.1. The zero-order valence-electron chi connectivity index (χ0n) is 12.0. The Kier molecular flexibility index (Phi) is 3.09. The van der Waals surface area contributed by atoms with Crippen molar-refractivity contribution < 1.29 is 4.39 Å². The van der Waals surface area contributed by atoms with Crippen LogP contribution in [0.5, 0.6) is 0 Å². The molecule has 4 rings (SSSR count). The van der Waals surface area contributed by atoms with Gasteiger partial charge in [-0.15, -0.1) is 5.10 Å². The summed E-state index contributed by atoms with van der Waals surface area (Å²) in [6.07, 6.45) is 0. The van der Waals surface area contributed by atoms with Gasteiger partial charge in [0, 0.05) is 5.69 Å². The molecule has 2 heterocycles. The Labute approximate surface area is 134 Å². The summed E-state index contributed by atoms with van der Waals surface area (Å²) in [5, 5.41) is 14.8. The second-order valence-corrected chi connectivity index (χ2v) is 5.53. The normalized spacial score (nSPS) is 11.3. The van der Waals surface area contributed by atoms with Crippen molar-refractivity contribution in [2.45, 2.75) is 6.92 Å². The molecule has 2 aromatic carbocycles. The smallest absolute Gasteiger partial charge is 0.222 e. The van der Waals surface area contributed by atoms with Crippen molar-refractivity contribution in [3.05, 3.63) is 52.8 Å². The van der Waals surface area contributed by atoms with E-state index in [2.05, 4.69) is 25.8 Å². The van der Waals surface area contributed by atoms with Gasteiger partial charge in [0.25, 0.3) is 0 Å². The molecule has 0 saturated carbocycles. The van der Waals surface area contributed by atoms with Crippen LogP contribution in [0.4, 0.5) is 15.9 Å². The molecule has 0 atom stereocenters. The second kappa shape index (κ2) is 5.13. The minimum Gasteiger partial charge on any atom is -0.337 e. The van der Waals surface area contributed by atoms with Crippen molar-refractivity contribution in [2.24, 2.45) is 0 Å². The van der Waals surface area contributed by atoms with Crippen LogP contribution in [0.2, 0.25) is 5.02 Å². The highest BCUT2D eigenvalue weighted by atomic mass is 35.5. The van der Waals surface area contributed by atoms with Crippen molar-refractivity contribution in [1.82, 2.24) is 25.0 Å². The van der Waals surface area contributed by atoms with Crippen LogP contribution in [-0.4, -0.2) is 25.0 Å². The molecule has 8 heteroatoms.